The second-order valence-corrected chi connectivity index (χ2v) is 10.1. The first-order valence-corrected chi connectivity index (χ1v) is 12.3. The zero-order valence-corrected chi connectivity index (χ0v) is 18.5. The van der Waals surface area contributed by atoms with Crippen LogP contribution in [0, 0.1) is 11.8 Å². The minimum atomic E-state index is -0.115. The normalized spacial score (nSPS) is 24.2. The first-order chi connectivity index (χ1) is 15.6. The predicted molar refractivity (Wildman–Crippen MR) is 118 cm³/mol. The zero-order chi connectivity index (χ0) is 21.8. The van der Waals surface area contributed by atoms with E-state index in [9.17, 15) is 14.4 Å². The molecule has 2 amide bonds. The van der Waals surface area contributed by atoms with Gasteiger partial charge in [0.05, 0.1) is 29.5 Å². The lowest BCUT2D eigenvalue weighted by molar-refractivity contribution is -0.137. The van der Waals surface area contributed by atoms with E-state index in [1.54, 1.807) is 0 Å². The Morgan fingerprint density at radius 1 is 0.938 bits per heavy atom. The van der Waals surface area contributed by atoms with Gasteiger partial charge in [0.25, 0.3) is 5.56 Å². The number of likely N-dealkylation sites (tertiary alicyclic amines) is 1. The second kappa shape index (κ2) is 7.74. The maximum Gasteiger partial charge on any atom is 0.277 e. The number of aromatic amines is 1. The van der Waals surface area contributed by atoms with E-state index >= 15 is 0 Å². The van der Waals surface area contributed by atoms with Crippen molar-refractivity contribution in [2.75, 3.05) is 13.1 Å². The molecule has 0 aromatic carbocycles. The third-order valence-electron chi connectivity index (χ3n) is 7.87. The Morgan fingerprint density at radius 3 is 2.47 bits per heavy atom. The summed E-state index contributed by atoms with van der Waals surface area (Å²) in [6.07, 6.45) is 9.82. The minimum Gasteiger partial charge on any atom is -0.337 e. The number of fused-ring (bicyclic) bond motifs is 2. The van der Waals surface area contributed by atoms with Gasteiger partial charge in [-0.25, -0.2) is 9.50 Å². The molecule has 2 saturated carbocycles. The van der Waals surface area contributed by atoms with Crippen molar-refractivity contribution in [3.63, 3.8) is 0 Å². The fraction of sp³-hybridized carbons (Fsp3) is 0.667. The molecule has 2 aliphatic heterocycles. The number of aromatic nitrogens is 3. The van der Waals surface area contributed by atoms with Gasteiger partial charge < -0.3 is 9.80 Å². The van der Waals surface area contributed by atoms with Gasteiger partial charge in [-0.3, -0.25) is 19.5 Å². The zero-order valence-electron chi connectivity index (χ0n) is 18.5. The van der Waals surface area contributed by atoms with Crippen LogP contribution in [0.4, 0.5) is 0 Å². The highest BCUT2D eigenvalue weighted by Gasteiger charge is 2.38. The summed E-state index contributed by atoms with van der Waals surface area (Å²) in [5.41, 5.74) is 2.83. The standard InChI is InChI=1S/C24H31N5O3/c30-22(15-5-1-2-6-15)27-12-10-18-17(14-27)24(32)29-21(25-18)13-19(26-29)20-7-3-4-11-28(20)23(31)16-8-9-16/h13,15-16,20,26H,1-12,14H2/t20-/m0/s1. The van der Waals surface area contributed by atoms with Crippen LogP contribution in [0.3, 0.4) is 0 Å². The number of H-pyrrole nitrogens is 1. The Kier molecular flexibility index (Phi) is 4.84. The summed E-state index contributed by atoms with van der Waals surface area (Å²) in [6.45, 7) is 1.77. The fourth-order valence-electron chi connectivity index (χ4n) is 5.87. The number of hydrogen-bond acceptors (Lipinski definition) is 4. The van der Waals surface area contributed by atoms with Gasteiger partial charge >= 0.3 is 0 Å². The molecular formula is C24H31N5O3. The number of hydrogen-bond donors (Lipinski definition) is 1. The van der Waals surface area contributed by atoms with Gasteiger partial charge in [-0.1, -0.05) is 12.8 Å². The van der Waals surface area contributed by atoms with Gasteiger partial charge in [-0.05, 0) is 44.9 Å². The summed E-state index contributed by atoms with van der Waals surface area (Å²) >= 11 is 0. The lowest BCUT2D eigenvalue weighted by Gasteiger charge is -2.35. The quantitative estimate of drug-likeness (QED) is 0.799. The van der Waals surface area contributed by atoms with Gasteiger partial charge in [0.2, 0.25) is 11.8 Å². The van der Waals surface area contributed by atoms with Gasteiger partial charge in [-0.15, -0.1) is 0 Å². The van der Waals surface area contributed by atoms with Gasteiger partial charge in [0.1, 0.15) is 0 Å². The van der Waals surface area contributed by atoms with Gasteiger partial charge in [0.15, 0.2) is 5.65 Å². The molecule has 2 aliphatic carbocycles. The van der Waals surface area contributed by atoms with Crippen LogP contribution in [0.25, 0.3) is 5.65 Å². The molecule has 0 bridgehead atoms. The van der Waals surface area contributed by atoms with Crippen LogP contribution in [0.2, 0.25) is 0 Å². The van der Waals surface area contributed by atoms with Crippen molar-refractivity contribution in [3.05, 3.63) is 33.4 Å². The average molecular weight is 438 g/mol. The van der Waals surface area contributed by atoms with E-state index < -0.39 is 0 Å². The Morgan fingerprint density at radius 2 is 1.69 bits per heavy atom. The lowest BCUT2D eigenvalue weighted by atomic mass is 9.98. The monoisotopic (exact) mass is 437 g/mol. The molecule has 0 spiro atoms. The molecule has 1 saturated heterocycles. The first kappa shape index (κ1) is 20.0. The minimum absolute atomic E-state index is 0.0181. The lowest BCUT2D eigenvalue weighted by Crippen LogP contribution is -2.42. The van der Waals surface area contributed by atoms with Crippen molar-refractivity contribution in [2.24, 2.45) is 11.8 Å². The Bertz CT molecular complexity index is 1120. The molecule has 2 aromatic rings. The number of rotatable bonds is 3. The summed E-state index contributed by atoms with van der Waals surface area (Å²) in [6, 6.07) is 1.93. The molecule has 8 nitrogen and oxygen atoms in total. The molecule has 1 N–H and O–H groups in total. The molecule has 2 aromatic heterocycles. The Balaban J connectivity index is 1.31. The number of piperidine rings is 1. The largest absolute Gasteiger partial charge is 0.337 e. The Hall–Kier alpha value is -2.64. The first-order valence-electron chi connectivity index (χ1n) is 12.3. The summed E-state index contributed by atoms with van der Waals surface area (Å²) in [5, 5.41) is 3.27. The second-order valence-electron chi connectivity index (χ2n) is 10.1. The van der Waals surface area contributed by atoms with E-state index in [-0.39, 0.29) is 35.3 Å². The van der Waals surface area contributed by atoms with Crippen LogP contribution >= 0.6 is 0 Å². The summed E-state index contributed by atoms with van der Waals surface area (Å²) in [5.74, 6) is 0.765. The number of nitrogens with one attached hydrogen (secondary N) is 1. The molecule has 1 atom stereocenters. The van der Waals surface area contributed by atoms with Gasteiger partial charge in [0, 0.05) is 37.4 Å². The fourth-order valence-corrected chi connectivity index (χ4v) is 5.87. The number of amides is 2. The van der Waals surface area contributed by atoms with Crippen molar-refractivity contribution in [3.8, 4) is 0 Å². The summed E-state index contributed by atoms with van der Waals surface area (Å²) in [4.78, 5) is 47.8. The third-order valence-corrected chi connectivity index (χ3v) is 7.87. The molecule has 170 valence electrons. The van der Waals surface area contributed by atoms with Crippen molar-refractivity contribution in [2.45, 2.75) is 76.8 Å². The van der Waals surface area contributed by atoms with Crippen LogP contribution < -0.4 is 5.56 Å². The molecule has 4 aliphatic rings. The number of carbonyl (C=O) groups is 2. The van der Waals surface area contributed by atoms with E-state index in [0.29, 0.717) is 30.7 Å². The van der Waals surface area contributed by atoms with E-state index in [1.807, 2.05) is 15.9 Å². The van der Waals surface area contributed by atoms with E-state index in [1.165, 1.54) is 4.52 Å². The SMILES string of the molecule is O=C(C1CCCC1)N1CCc2nc3cc([C@@H]4CCCCN4C(=O)C4CC4)[nH]n3c(=O)c2C1. The van der Waals surface area contributed by atoms with Crippen molar-refractivity contribution in [1.82, 2.24) is 24.4 Å². The van der Waals surface area contributed by atoms with Crippen molar-refractivity contribution < 1.29 is 9.59 Å². The third kappa shape index (κ3) is 3.35. The highest BCUT2D eigenvalue weighted by molar-refractivity contribution is 5.81. The molecule has 0 unspecified atom stereocenters. The van der Waals surface area contributed by atoms with Crippen LogP contribution in [0.1, 0.15) is 80.8 Å². The number of carbonyl (C=O) groups excluding carboxylic acids is 2. The van der Waals surface area contributed by atoms with Gasteiger partial charge in [-0.2, -0.15) is 0 Å². The smallest absolute Gasteiger partial charge is 0.277 e. The molecular weight excluding hydrogens is 406 g/mol. The van der Waals surface area contributed by atoms with Crippen molar-refractivity contribution in [1.29, 1.82) is 0 Å². The average Bonchev–Trinajstić information content (AvgIpc) is 3.35. The topological polar surface area (TPSA) is 90.8 Å². The van der Waals surface area contributed by atoms with Crippen LogP contribution in [0.5, 0.6) is 0 Å². The van der Waals surface area contributed by atoms with E-state index in [0.717, 1.165) is 75.7 Å². The highest BCUT2D eigenvalue weighted by Crippen LogP contribution is 2.37. The molecule has 0 radical (unpaired) electrons. The molecule has 32 heavy (non-hydrogen) atoms. The molecule has 8 heteroatoms. The maximum absolute atomic E-state index is 13.4. The van der Waals surface area contributed by atoms with E-state index in [2.05, 4.69) is 5.10 Å². The van der Waals surface area contributed by atoms with Crippen LogP contribution in [0.15, 0.2) is 10.9 Å². The predicted octanol–water partition coefficient (Wildman–Crippen LogP) is 2.56. The summed E-state index contributed by atoms with van der Waals surface area (Å²) < 4.78 is 1.52. The number of nitrogens with zero attached hydrogens (tertiary/aromatic N) is 4. The maximum atomic E-state index is 13.4. The molecule has 6 rings (SSSR count). The van der Waals surface area contributed by atoms with E-state index in [4.69, 9.17) is 4.98 Å². The van der Waals surface area contributed by atoms with Crippen LogP contribution in [-0.4, -0.2) is 49.3 Å². The molecule has 4 heterocycles. The Labute approximate surface area is 187 Å². The van der Waals surface area contributed by atoms with Crippen LogP contribution in [-0.2, 0) is 22.6 Å². The van der Waals surface area contributed by atoms with Crippen molar-refractivity contribution >= 4 is 17.5 Å². The summed E-state index contributed by atoms with van der Waals surface area (Å²) in [7, 11) is 0. The highest BCUT2D eigenvalue weighted by atomic mass is 16.2. The molecule has 3 fully saturated rings.